The zero-order valence-electron chi connectivity index (χ0n) is 17.7. The van der Waals surface area contributed by atoms with E-state index in [2.05, 4.69) is 87.3 Å². The van der Waals surface area contributed by atoms with E-state index in [1.54, 1.807) is 12.4 Å². The average molecular weight is 422 g/mol. The van der Waals surface area contributed by atoms with Gasteiger partial charge in [-0.2, -0.15) is 0 Å². The van der Waals surface area contributed by atoms with Gasteiger partial charge in [-0.1, -0.05) is 66.7 Å². The summed E-state index contributed by atoms with van der Waals surface area (Å²) in [5.41, 5.74) is 10.2. The number of hydrogen-bond donors (Lipinski definition) is 0. The highest BCUT2D eigenvalue weighted by Gasteiger charge is 2.29. The first-order valence-corrected chi connectivity index (χ1v) is 11.0. The summed E-state index contributed by atoms with van der Waals surface area (Å²) in [6.07, 6.45) is 5.41. The van der Waals surface area contributed by atoms with Crippen molar-refractivity contribution in [3.05, 3.63) is 110 Å². The van der Waals surface area contributed by atoms with Crippen LogP contribution >= 0.6 is 0 Å². The molecule has 4 nitrogen and oxygen atoms in total. The second kappa shape index (κ2) is 6.97. The largest absolute Gasteiger partial charge is 0.276 e. The Hall–Kier alpha value is -4.57. The Morgan fingerprint density at radius 3 is 1.82 bits per heavy atom. The van der Waals surface area contributed by atoms with Gasteiger partial charge in [0.15, 0.2) is 0 Å². The highest BCUT2D eigenvalue weighted by molar-refractivity contribution is 6.17. The lowest BCUT2D eigenvalue weighted by Crippen LogP contribution is -2.03. The molecule has 154 valence electrons. The molecule has 0 N–H and O–H groups in total. The van der Waals surface area contributed by atoms with Crippen LogP contribution in [-0.4, -0.2) is 19.5 Å². The maximum Gasteiger partial charge on any atom is 0.234 e. The van der Waals surface area contributed by atoms with Gasteiger partial charge in [0.1, 0.15) is 0 Å². The standard InChI is InChI=1S/C29H18N4/c1-2-10-20-19(9-1)21-11-3-4-12-23(21)27-26-22(20)13-7-15-25(26)33(29-31-17-8-18-32-29)28(27)24-14-5-6-16-30-24/h1-18H. The van der Waals surface area contributed by atoms with Crippen molar-refractivity contribution < 1.29 is 0 Å². The van der Waals surface area contributed by atoms with Gasteiger partial charge in [-0.25, -0.2) is 9.97 Å². The topological polar surface area (TPSA) is 43.6 Å². The summed E-state index contributed by atoms with van der Waals surface area (Å²) in [5.74, 6) is 0.637. The molecule has 0 aliphatic heterocycles. The Bertz CT molecular complexity index is 1650. The van der Waals surface area contributed by atoms with Gasteiger partial charge in [0.05, 0.1) is 16.9 Å². The summed E-state index contributed by atoms with van der Waals surface area (Å²) in [6.45, 7) is 0. The number of benzene rings is 3. The van der Waals surface area contributed by atoms with E-state index in [1.807, 2.05) is 24.4 Å². The van der Waals surface area contributed by atoms with Gasteiger partial charge in [0.25, 0.3) is 0 Å². The Balaban J connectivity index is 1.76. The summed E-state index contributed by atoms with van der Waals surface area (Å²) in [7, 11) is 0. The van der Waals surface area contributed by atoms with Crippen molar-refractivity contribution in [2.24, 2.45) is 0 Å². The van der Waals surface area contributed by atoms with Crippen LogP contribution in [0.25, 0.3) is 61.6 Å². The molecule has 0 saturated carbocycles. The molecule has 0 amide bonds. The van der Waals surface area contributed by atoms with Gasteiger partial charge < -0.3 is 0 Å². The molecule has 0 unspecified atom stereocenters. The molecule has 1 aliphatic rings. The van der Waals surface area contributed by atoms with E-state index in [0.717, 1.165) is 16.9 Å². The van der Waals surface area contributed by atoms with Crippen molar-refractivity contribution in [2.75, 3.05) is 0 Å². The molecule has 0 fully saturated rings. The van der Waals surface area contributed by atoms with Crippen molar-refractivity contribution >= 4 is 10.9 Å². The van der Waals surface area contributed by atoms with Crippen molar-refractivity contribution in [3.63, 3.8) is 0 Å². The van der Waals surface area contributed by atoms with Crippen LogP contribution in [0, 0.1) is 0 Å². The van der Waals surface area contributed by atoms with E-state index in [1.165, 1.54) is 38.8 Å². The second-order valence-electron chi connectivity index (χ2n) is 8.11. The first kappa shape index (κ1) is 18.0. The normalized spacial score (nSPS) is 11.6. The summed E-state index contributed by atoms with van der Waals surface area (Å²) < 4.78 is 2.15. The predicted molar refractivity (Wildman–Crippen MR) is 132 cm³/mol. The molecule has 1 aliphatic carbocycles. The quantitative estimate of drug-likeness (QED) is 0.308. The van der Waals surface area contributed by atoms with Crippen LogP contribution in [0.1, 0.15) is 0 Å². The lowest BCUT2D eigenvalue weighted by Gasteiger charge is -2.14. The van der Waals surface area contributed by atoms with Gasteiger partial charge >= 0.3 is 0 Å². The van der Waals surface area contributed by atoms with Gasteiger partial charge in [-0.3, -0.25) is 9.55 Å². The van der Waals surface area contributed by atoms with Crippen LogP contribution < -0.4 is 0 Å². The average Bonchev–Trinajstić information content (AvgIpc) is 3.19. The molecule has 0 bridgehead atoms. The van der Waals surface area contributed by atoms with Crippen LogP contribution in [0.2, 0.25) is 0 Å². The minimum Gasteiger partial charge on any atom is -0.276 e. The fourth-order valence-electron chi connectivity index (χ4n) is 5.08. The smallest absolute Gasteiger partial charge is 0.234 e. The number of aromatic nitrogens is 4. The third kappa shape index (κ3) is 2.55. The highest BCUT2D eigenvalue weighted by Crippen LogP contribution is 2.52. The molecular weight excluding hydrogens is 404 g/mol. The van der Waals surface area contributed by atoms with Crippen LogP contribution in [0.3, 0.4) is 0 Å². The number of hydrogen-bond acceptors (Lipinski definition) is 3. The molecular formula is C29H18N4. The third-order valence-electron chi connectivity index (χ3n) is 6.36. The highest BCUT2D eigenvalue weighted by atomic mass is 15.2. The van der Waals surface area contributed by atoms with Crippen molar-refractivity contribution in [3.8, 4) is 50.7 Å². The Morgan fingerprint density at radius 1 is 0.485 bits per heavy atom. The van der Waals surface area contributed by atoms with Crippen molar-refractivity contribution in [1.29, 1.82) is 0 Å². The maximum absolute atomic E-state index is 4.77. The zero-order valence-corrected chi connectivity index (χ0v) is 17.7. The summed E-state index contributed by atoms with van der Waals surface area (Å²) in [4.78, 5) is 14.0. The fraction of sp³-hybridized carbons (Fsp3) is 0. The van der Waals surface area contributed by atoms with Crippen LogP contribution in [0.4, 0.5) is 0 Å². The molecule has 33 heavy (non-hydrogen) atoms. The molecule has 3 aromatic carbocycles. The summed E-state index contributed by atoms with van der Waals surface area (Å²) in [5, 5.41) is 1.20. The summed E-state index contributed by atoms with van der Waals surface area (Å²) >= 11 is 0. The van der Waals surface area contributed by atoms with E-state index in [9.17, 15) is 0 Å². The van der Waals surface area contributed by atoms with E-state index in [-0.39, 0.29) is 0 Å². The van der Waals surface area contributed by atoms with Crippen LogP contribution in [0.5, 0.6) is 0 Å². The van der Waals surface area contributed by atoms with Crippen LogP contribution in [-0.2, 0) is 0 Å². The summed E-state index contributed by atoms with van der Waals surface area (Å²) in [6, 6.07) is 31.7. The Labute approximate surface area is 190 Å². The Morgan fingerprint density at radius 2 is 1.09 bits per heavy atom. The van der Waals surface area contributed by atoms with Gasteiger partial charge in [-0.15, -0.1) is 0 Å². The lowest BCUT2D eigenvalue weighted by molar-refractivity contribution is 0.963. The first-order valence-electron chi connectivity index (χ1n) is 11.0. The molecule has 6 aromatic rings. The molecule has 0 spiro atoms. The molecule has 3 heterocycles. The molecule has 3 aromatic heterocycles. The molecule has 0 atom stereocenters. The van der Waals surface area contributed by atoms with Crippen LogP contribution in [0.15, 0.2) is 110 Å². The SMILES string of the molecule is c1ccc(-c2c3c4c(cccc4n2-c2ncccn2)-c2ccccc2-c2ccccc2-3)nc1. The first-order chi connectivity index (χ1) is 16.4. The van der Waals surface area contributed by atoms with E-state index < -0.39 is 0 Å². The van der Waals surface area contributed by atoms with Gasteiger partial charge in [0.2, 0.25) is 5.95 Å². The molecule has 4 heteroatoms. The predicted octanol–water partition coefficient (Wildman–Crippen LogP) is 6.80. The molecule has 0 saturated heterocycles. The zero-order chi connectivity index (χ0) is 21.8. The maximum atomic E-state index is 4.77. The number of rotatable bonds is 2. The number of nitrogens with zero attached hydrogens (tertiary/aromatic N) is 4. The molecule has 7 rings (SSSR count). The van der Waals surface area contributed by atoms with Gasteiger partial charge in [-0.05, 0) is 52.1 Å². The lowest BCUT2D eigenvalue weighted by atomic mass is 9.93. The van der Waals surface area contributed by atoms with Crippen molar-refractivity contribution in [2.45, 2.75) is 0 Å². The molecule has 0 radical (unpaired) electrons. The Kier molecular flexibility index (Phi) is 3.81. The van der Waals surface area contributed by atoms with Crippen molar-refractivity contribution in [1.82, 2.24) is 19.5 Å². The minimum absolute atomic E-state index is 0.637. The van der Waals surface area contributed by atoms with E-state index >= 15 is 0 Å². The van der Waals surface area contributed by atoms with E-state index in [0.29, 0.717) is 5.95 Å². The number of fused-ring (bicyclic) bond motifs is 5. The van der Waals surface area contributed by atoms with E-state index in [4.69, 9.17) is 4.98 Å². The third-order valence-corrected chi connectivity index (χ3v) is 6.36. The number of pyridine rings is 1. The monoisotopic (exact) mass is 422 g/mol. The second-order valence-corrected chi connectivity index (χ2v) is 8.11. The minimum atomic E-state index is 0.637. The fourth-order valence-corrected chi connectivity index (χ4v) is 5.08. The van der Waals surface area contributed by atoms with Gasteiger partial charge in [0, 0.05) is 29.5 Å².